The lowest BCUT2D eigenvalue weighted by atomic mass is 10.4. The Bertz CT molecular complexity index is 609. The minimum absolute atomic E-state index is 0.0138. The second-order valence-corrected chi connectivity index (χ2v) is 9.12. The minimum Gasteiger partial charge on any atom is -0.258 e. The lowest BCUT2D eigenvalue weighted by Crippen LogP contribution is -2.31. The average molecular weight is 343 g/mol. The number of nitrogens with one attached hydrogen (secondary N) is 1. The Labute approximate surface area is 123 Å². The van der Waals surface area contributed by atoms with Gasteiger partial charge >= 0.3 is 0 Å². The molecule has 1 saturated carbocycles. The maximum absolute atomic E-state index is 12.0. The second kappa shape index (κ2) is 5.21. The van der Waals surface area contributed by atoms with E-state index in [2.05, 4.69) is 4.72 Å². The zero-order valence-corrected chi connectivity index (χ0v) is 13.1. The number of hydrogen-bond donors (Lipinski definition) is 1. The number of thioether (sulfide) groups is 1. The molecule has 1 aliphatic carbocycles. The summed E-state index contributed by atoms with van der Waals surface area (Å²) in [4.78, 5) is 9.95. The number of nitro groups is 1. The Balaban J connectivity index is 2.15. The van der Waals surface area contributed by atoms with Crippen molar-refractivity contribution in [1.29, 1.82) is 0 Å². The van der Waals surface area contributed by atoms with Crippen molar-refractivity contribution in [1.82, 2.24) is 4.72 Å². The summed E-state index contributed by atoms with van der Waals surface area (Å²) in [6.07, 6.45) is 3.89. The maximum Gasteiger partial charge on any atom is 0.300 e. The molecule has 1 aromatic heterocycles. The van der Waals surface area contributed by atoms with Gasteiger partial charge in [-0.2, -0.15) is 11.8 Å². The number of nitrogens with zero attached hydrogens (tertiary/aromatic N) is 1. The first-order valence-electron chi connectivity index (χ1n) is 5.28. The molecule has 1 aromatic rings. The van der Waals surface area contributed by atoms with E-state index >= 15 is 0 Å². The van der Waals surface area contributed by atoms with E-state index in [4.69, 9.17) is 11.6 Å². The highest BCUT2D eigenvalue weighted by Gasteiger charge is 2.42. The minimum atomic E-state index is -3.73. The van der Waals surface area contributed by atoms with E-state index in [9.17, 15) is 18.5 Å². The van der Waals surface area contributed by atoms with Crippen LogP contribution in [0.3, 0.4) is 0 Å². The SMILES string of the molecule is CSC1(CNS(=O)(=O)c2cc([N+](=O)[O-])c(Cl)s2)CC1. The third-order valence-corrected chi connectivity index (χ3v) is 7.56. The molecule has 106 valence electrons. The van der Waals surface area contributed by atoms with Crippen molar-refractivity contribution in [2.75, 3.05) is 12.8 Å². The lowest BCUT2D eigenvalue weighted by Gasteiger charge is -2.12. The summed E-state index contributed by atoms with van der Waals surface area (Å²) in [5.41, 5.74) is -0.377. The molecule has 0 unspecified atom stereocenters. The van der Waals surface area contributed by atoms with Crippen LogP contribution in [0.1, 0.15) is 12.8 Å². The van der Waals surface area contributed by atoms with E-state index in [1.165, 1.54) is 0 Å². The van der Waals surface area contributed by atoms with Gasteiger partial charge in [0.25, 0.3) is 5.69 Å². The first kappa shape index (κ1) is 15.0. The maximum atomic E-state index is 12.0. The Kier molecular flexibility index (Phi) is 4.12. The van der Waals surface area contributed by atoms with Crippen LogP contribution in [0.25, 0.3) is 0 Å². The van der Waals surface area contributed by atoms with Crippen LogP contribution in [0.2, 0.25) is 4.34 Å². The zero-order valence-electron chi connectivity index (χ0n) is 9.88. The van der Waals surface area contributed by atoms with Gasteiger partial charge < -0.3 is 0 Å². The topological polar surface area (TPSA) is 89.3 Å². The van der Waals surface area contributed by atoms with Gasteiger partial charge in [0.15, 0.2) is 4.34 Å². The van der Waals surface area contributed by atoms with Crippen LogP contribution in [-0.4, -0.2) is 30.9 Å². The van der Waals surface area contributed by atoms with Gasteiger partial charge in [0.05, 0.1) is 4.92 Å². The number of thiophene rings is 1. The summed E-state index contributed by atoms with van der Waals surface area (Å²) in [5, 5.41) is 10.6. The number of rotatable bonds is 6. The van der Waals surface area contributed by atoms with Crippen molar-refractivity contribution < 1.29 is 13.3 Å². The smallest absolute Gasteiger partial charge is 0.258 e. The van der Waals surface area contributed by atoms with Crippen molar-refractivity contribution >= 4 is 50.4 Å². The summed E-state index contributed by atoms with van der Waals surface area (Å²) in [5.74, 6) is 0. The van der Waals surface area contributed by atoms with Gasteiger partial charge in [0.1, 0.15) is 4.21 Å². The van der Waals surface area contributed by atoms with E-state index in [1.807, 2.05) is 6.26 Å². The summed E-state index contributed by atoms with van der Waals surface area (Å²) >= 11 is 7.98. The van der Waals surface area contributed by atoms with E-state index < -0.39 is 14.9 Å². The molecule has 2 rings (SSSR count). The van der Waals surface area contributed by atoms with Gasteiger partial charge in [-0.1, -0.05) is 11.6 Å². The lowest BCUT2D eigenvalue weighted by molar-refractivity contribution is -0.384. The molecule has 0 aliphatic heterocycles. The quantitative estimate of drug-likeness (QED) is 0.633. The van der Waals surface area contributed by atoms with E-state index in [0.717, 1.165) is 18.9 Å². The Hall–Kier alpha value is -0.350. The fourth-order valence-corrected chi connectivity index (χ4v) is 5.14. The third-order valence-electron chi connectivity index (χ3n) is 2.93. The first-order valence-corrected chi connectivity index (χ1v) is 9.18. The molecule has 10 heteroatoms. The van der Waals surface area contributed by atoms with Gasteiger partial charge in [0.2, 0.25) is 10.0 Å². The highest BCUT2D eigenvalue weighted by Crippen LogP contribution is 2.46. The highest BCUT2D eigenvalue weighted by molar-refractivity contribution is 8.00. The number of hydrogen-bond acceptors (Lipinski definition) is 6. The van der Waals surface area contributed by atoms with Crippen LogP contribution in [0.5, 0.6) is 0 Å². The van der Waals surface area contributed by atoms with Gasteiger partial charge in [-0.25, -0.2) is 13.1 Å². The van der Waals surface area contributed by atoms with Crippen molar-refractivity contribution in [2.24, 2.45) is 0 Å². The van der Waals surface area contributed by atoms with Crippen LogP contribution >= 0.6 is 34.7 Å². The predicted octanol–water partition coefficient (Wildman–Crippen LogP) is 2.48. The highest BCUT2D eigenvalue weighted by atomic mass is 35.5. The molecular weight excluding hydrogens is 332 g/mol. The molecule has 1 fully saturated rings. The van der Waals surface area contributed by atoms with Crippen LogP contribution in [0.15, 0.2) is 10.3 Å². The predicted molar refractivity (Wildman–Crippen MR) is 76.7 cm³/mol. The Morgan fingerprint density at radius 2 is 2.26 bits per heavy atom. The first-order chi connectivity index (χ1) is 8.80. The Morgan fingerprint density at radius 1 is 1.63 bits per heavy atom. The molecule has 6 nitrogen and oxygen atoms in total. The molecule has 1 heterocycles. The Morgan fingerprint density at radius 3 is 2.68 bits per heavy atom. The summed E-state index contributed by atoms with van der Waals surface area (Å²) in [6, 6.07) is 0.994. The molecule has 19 heavy (non-hydrogen) atoms. The number of sulfonamides is 1. The molecule has 1 N–H and O–H groups in total. The molecule has 0 atom stereocenters. The van der Waals surface area contributed by atoms with Crippen LogP contribution in [0, 0.1) is 10.1 Å². The summed E-state index contributed by atoms with van der Waals surface area (Å²) < 4.78 is 26.3. The fraction of sp³-hybridized carbons (Fsp3) is 0.556. The molecule has 0 bridgehead atoms. The zero-order chi connectivity index (χ0) is 14.3. The average Bonchev–Trinajstić information content (AvgIpc) is 3.02. The van der Waals surface area contributed by atoms with Crippen molar-refractivity contribution in [3.05, 3.63) is 20.5 Å². The van der Waals surface area contributed by atoms with Gasteiger partial charge in [-0.05, 0) is 19.1 Å². The molecule has 1 aliphatic rings. The molecule has 0 spiro atoms. The summed E-state index contributed by atoms with van der Waals surface area (Å²) in [6.45, 7) is 0.333. The number of halogens is 1. The van der Waals surface area contributed by atoms with Crippen LogP contribution in [-0.2, 0) is 10.0 Å². The van der Waals surface area contributed by atoms with Crippen molar-refractivity contribution in [2.45, 2.75) is 21.8 Å². The largest absolute Gasteiger partial charge is 0.300 e. The molecule has 0 saturated heterocycles. The fourth-order valence-electron chi connectivity index (χ4n) is 1.49. The van der Waals surface area contributed by atoms with Gasteiger partial charge in [0, 0.05) is 17.4 Å². The molecule has 0 aromatic carbocycles. The van der Waals surface area contributed by atoms with Crippen LogP contribution in [0.4, 0.5) is 5.69 Å². The second-order valence-electron chi connectivity index (χ2n) is 4.19. The van der Waals surface area contributed by atoms with Crippen molar-refractivity contribution in [3.8, 4) is 0 Å². The van der Waals surface area contributed by atoms with Crippen LogP contribution < -0.4 is 4.72 Å². The molecule has 0 radical (unpaired) electrons. The van der Waals surface area contributed by atoms with Crippen molar-refractivity contribution in [3.63, 3.8) is 0 Å². The standard InChI is InChI=1S/C9H11ClN2O4S3/c1-17-9(2-3-9)5-11-19(15,16)7-4-6(12(13)14)8(10)18-7/h4,11H,2-3,5H2,1H3. The monoisotopic (exact) mass is 342 g/mol. The molecular formula is C9H11ClN2O4S3. The van der Waals surface area contributed by atoms with Gasteiger partial charge in [-0.15, -0.1) is 11.3 Å². The third kappa shape index (κ3) is 3.22. The van der Waals surface area contributed by atoms with Gasteiger partial charge in [-0.3, -0.25) is 10.1 Å². The van der Waals surface area contributed by atoms with E-state index in [0.29, 0.717) is 17.9 Å². The summed E-state index contributed by atoms with van der Waals surface area (Å²) in [7, 11) is -3.73. The van der Waals surface area contributed by atoms with E-state index in [-0.39, 0.29) is 19.0 Å². The molecule has 0 amide bonds. The normalized spacial score (nSPS) is 17.4. The van der Waals surface area contributed by atoms with E-state index in [1.54, 1.807) is 11.8 Å².